The second-order valence-corrected chi connectivity index (χ2v) is 5.60. The number of benzene rings is 1. The van der Waals surface area contributed by atoms with Gasteiger partial charge in [-0.1, -0.05) is 19.9 Å². The van der Waals surface area contributed by atoms with Crippen LogP contribution in [0.3, 0.4) is 0 Å². The molecule has 1 unspecified atom stereocenters. The van der Waals surface area contributed by atoms with E-state index in [9.17, 15) is 4.79 Å². The molecular formula is C15H23N3O. The van der Waals surface area contributed by atoms with Gasteiger partial charge >= 0.3 is 5.69 Å². The predicted molar refractivity (Wildman–Crippen MR) is 79.4 cm³/mol. The SMILES string of the molecule is CC(C)CCCNC(C)c1ccc2[nH]c(=O)[nH]c2c1. The van der Waals surface area contributed by atoms with E-state index in [1.165, 1.54) is 18.4 Å². The van der Waals surface area contributed by atoms with Gasteiger partial charge in [-0.25, -0.2) is 4.79 Å². The Balaban J connectivity index is 1.96. The monoisotopic (exact) mass is 261 g/mol. The van der Waals surface area contributed by atoms with Crippen LogP contribution >= 0.6 is 0 Å². The minimum atomic E-state index is -0.148. The second-order valence-electron chi connectivity index (χ2n) is 5.60. The maximum Gasteiger partial charge on any atom is 0.323 e. The number of aromatic nitrogens is 2. The largest absolute Gasteiger partial charge is 0.323 e. The van der Waals surface area contributed by atoms with Crippen molar-refractivity contribution in [3.05, 3.63) is 34.2 Å². The predicted octanol–water partition coefficient (Wildman–Crippen LogP) is 2.94. The summed E-state index contributed by atoms with van der Waals surface area (Å²) in [6.07, 6.45) is 2.45. The molecule has 2 aromatic rings. The van der Waals surface area contributed by atoms with Gasteiger partial charge in [0.1, 0.15) is 0 Å². The molecule has 0 amide bonds. The number of hydrogen-bond acceptors (Lipinski definition) is 2. The van der Waals surface area contributed by atoms with Crippen LogP contribution in [-0.2, 0) is 0 Å². The summed E-state index contributed by atoms with van der Waals surface area (Å²) >= 11 is 0. The molecule has 0 aliphatic heterocycles. The Morgan fingerprint density at radius 1 is 1.16 bits per heavy atom. The standard InChI is InChI=1S/C15H23N3O/c1-10(2)5-4-8-16-11(3)12-6-7-13-14(9-12)18-15(19)17-13/h6-7,9-11,16H,4-5,8H2,1-3H3,(H2,17,18,19). The zero-order valence-electron chi connectivity index (χ0n) is 11.9. The average molecular weight is 261 g/mol. The van der Waals surface area contributed by atoms with Crippen LogP contribution in [0, 0.1) is 5.92 Å². The van der Waals surface area contributed by atoms with Crippen molar-refractivity contribution in [3.63, 3.8) is 0 Å². The van der Waals surface area contributed by atoms with Crippen molar-refractivity contribution >= 4 is 11.0 Å². The quantitative estimate of drug-likeness (QED) is 0.700. The van der Waals surface area contributed by atoms with Gasteiger partial charge < -0.3 is 15.3 Å². The summed E-state index contributed by atoms with van der Waals surface area (Å²) in [5.41, 5.74) is 2.79. The van der Waals surface area contributed by atoms with Crippen LogP contribution in [0.5, 0.6) is 0 Å². The summed E-state index contributed by atoms with van der Waals surface area (Å²) in [4.78, 5) is 16.8. The van der Waals surface area contributed by atoms with Crippen molar-refractivity contribution < 1.29 is 0 Å². The highest BCUT2D eigenvalue weighted by molar-refractivity contribution is 5.75. The van der Waals surface area contributed by atoms with Crippen LogP contribution < -0.4 is 11.0 Å². The minimum Gasteiger partial charge on any atom is -0.310 e. The van der Waals surface area contributed by atoms with Crippen molar-refractivity contribution in [1.29, 1.82) is 0 Å². The number of nitrogens with one attached hydrogen (secondary N) is 3. The molecule has 1 atom stereocenters. The minimum absolute atomic E-state index is 0.148. The Kier molecular flexibility index (Phi) is 4.43. The third kappa shape index (κ3) is 3.70. The van der Waals surface area contributed by atoms with Crippen LogP contribution in [0.15, 0.2) is 23.0 Å². The lowest BCUT2D eigenvalue weighted by Crippen LogP contribution is -2.20. The number of imidazole rings is 1. The highest BCUT2D eigenvalue weighted by Gasteiger charge is 2.06. The molecule has 1 aromatic carbocycles. The molecular weight excluding hydrogens is 238 g/mol. The number of rotatable bonds is 6. The molecule has 19 heavy (non-hydrogen) atoms. The molecule has 0 radical (unpaired) electrons. The van der Waals surface area contributed by atoms with Crippen LogP contribution in [-0.4, -0.2) is 16.5 Å². The molecule has 0 fully saturated rings. The van der Waals surface area contributed by atoms with E-state index < -0.39 is 0 Å². The number of hydrogen-bond donors (Lipinski definition) is 3. The second kappa shape index (κ2) is 6.06. The molecule has 1 heterocycles. The summed E-state index contributed by atoms with van der Waals surface area (Å²) in [6, 6.07) is 6.35. The van der Waals surface area contributed by atoms with E-state index in [4.69, 9.17) is 0 Å². The van der Waals surface area contributed by atoms with E-state index in [0.717, 1.165) is 23.5 Å². The summed E-state index contributed by atoms with van der Waals surface area (Å²) in [5.74, 6) is 0.762. The molecule has 0 aliphatic carbocycles. The molecule has 3 N–H and O–H groups in total. The van der Waals surface area contributed by atoms with Gasteiger partial charge in [0.05, 0.1) is 11.0 Å². The van der Waals surface area contributed by atoms with E-state index in [1.807, 2.05) is 12.1 Å². The Morgan fingerprint density at radius 2 is 1.89 bits per heavy atom. The molecule has 4 heteroatoms. The van der Waals surface area contributed by atoms with E-state index in [-0.39, 0.29) is 5.69 Å². The first-order valence-corrected chi connectivity index (χ1v) is 7.01. The van der Waals surface area contributed by atoms with E-state index >= 15 is 0 Å². The molecule has 0 bridgehead atoms. The Morgan fingerprint density at radius 3 is 2.63 bits per heavy atom. The van der Waals surface area contributed by atoms with Gasteiger partial charge in [0.15, 0.2) is 0 Å². The van der Waals surface area contributed by atoms with Crippen molar-refractivity contribution in [1.82, 2.24) is 15.3 Å². The van der Waals surface area contributed by atoms with E-state index in [0.29, 0.717) is 6.04 Å². The Labute approximate surface area is 113 Å². The summed E-state index contributed by atoms with van der Waals surface area (Å²) in [7, 11) is 0. The van der Waals surface area contributed by atoms with Crippen molar-refractivity contribution in [3.8, 4) is 0 Å². The molecule has 0 saturated heterocycles. The highest BCUT2D eigenvalue weighted by Crippen LogP contribution is 2.17. The first kappa shape index (κ1) is 13.9. The molecule has 0 spiro atoms. The molecule has 104 valence electrons. The van der Waals surface area contributed by atoms with Crippen molar-refractivity contribution in [2.24, 2.45) is 5.92 Å². The number of aromatic amines is 2. The molecule has 0 aliphatic rings. The maximum absolute atomic E-state index is 11.2. The zero-order valence-corrected chi connectivity index (χ0v) is 11.9. The van der Waals surface area contributed by atoms with Gasteiger partial charge in [-0.3, -0.25) is 0 Å². The topological polar surface area (TPSA) is 60.7 Å². The Hall–Kier alpha value is -1.55. The molecule has 2 rings (SSSR count). The zero-order chi connectivity index (χ0) is 13.8. The average Bonchev–Trinajstić information content (AvgIpc) is 2.73. The fraction of sp³-hybridized carbons (Fsp3) is 0.533. The smallest absolute Gasteiger partial charge is 0.310 e. The lowest BCUT2D eigenvalue weighted by molar-refractivity contribution is 0.498. The fourth-order valence-corrected chi connectivity index (χ4v) is 2.27. The Bertz CT molecular complexity index is 582. The van der Waals surface area contributed by atoms with Crippen LogP contribution in [0.1, 0.15) is 45.2 Å². The lowest BCUT2D eigenvalue weighted by Gasteiger charge is -2.14. The van der Waals surface area contributed by atoms with Gasteiger partial charge in [-0.2, -0.15) is 0 Å². The summed E-state index contributed by atoms with van der Waals surface area (Å²) < 4.78 is 0. The first-order valence-electron chi connectivity index (χ1n) is 7.01. The number of fused-ring (bicyclic) bond motifs is 1. The van der Waals surface area contributed by atoms with Crippen LogP contribution in [0.4, 0.5) is 0 Å². The third-order valence-corrected chi connectivity index (χ3v) is 3.45. The number of H-pyrrole nitrogens is 2. The molecule has 4 nitrogen and oxygen atoms in total. The van der Waals surface area contributed by atoms with E-state index in [2.05, 4.69) is 42.1 Å². The summed E-state index contributed by atoms with van der Waals surface area (Å²) in [5, 5.41) is 3.52. The molecule has 1 aromatic heterocycles. The van der Waals surface area contributed by atoms with Crippen molar-refractivity contribution in [2.45, 2.75) is 39.7 Å². The van der Waals surface area contributed by atoms with Gasteiger partial charge in [0.2, 0.25) is 0 Å². The third-order valence-electron chi connectivity index (χ3n) is 3.45. The molecule has 0 saturated carbocycles. The van der Waals surface area contributed by atoms with Crippen LogP contribution in [0.2, 0.25) is 0 Å². The first-order chi connectivity index (χ1) is 9.06. The van der Waals surface area contributed by atoms with Gasteiger partial charge in [0, 0.05) is 6.04 Å². The van der Waals surface area contributed by atoms with Gasteiger partial charge in [0.25, 0.3) is 0 Å². The van der Waals surface area contributed by atoms with Crippen LogP contribution in [0.25, 0.3) is 11.0 Å². The lowest BCUT2D eigenvalue weighted by atomic mass is 10.1. The van der Waals surface area contributed by atoms with Gasteiger partial charge in [-0.05, 0) is 49.9 Å². The van der Waals surface area contributed by atoms with Gasteiger partial charge in [-0.15, -0.1) is 0 Å². The maximum atomic E-state index is 11.2. The van der Waals surface area contributed by atoms with E-state index in [1.54, 1.807) is 0 Å². The summed E-state index contributed by atoms with van der Waals surface area (Å²) in [6.45, 7) is 7.68. The normalized spacial score (nSPS) is 13.3. The fourth-order valence-electron chi connectivity index (χ4n) is 2.27. The van der Waals surface area contributed by atoms with Crippen molar-refractivity contribution in [2.75, 3.05) is 6.54 Å². The highest BCUT2D eigenvalue weighted by atomic mass is 16.1.